The van der Waals surface area contributed by atoms with Crippen LogP contribution in [0.3, 0.4) is 0 Å². The predicted octanol–water partition coefficient (Wildman–Crippen LogP) is 2.44. The molecule has 0 fully saturated rings. The molecule has 0 saturated heterocycles. The van der Waals surface area contributed by atoms with Gasteiger partial charge in [0.2, 0.25) is 0 Å². The fourth-order valence-corrected chi connectivity index (χ4v) is 1.45. The molecule has 17 heavy (non-hydrogen) atoms. The zero-order chi connectivity index (χ0) is 12.1. The average Bonchev–Trinajstić information content (AvgIpc) is 2.83. The lowest BCUT2D eigenvalue weighted by atomic mass is 10.4. The van der Waals surface area contributed by atoms with Gasteiger partial charge < -0.3 is 9.30 Å². The van der Waals surface area contributed by atoms with Crippen LogP contribution in [0, 0.1) is 0 Å². The van der Waals surface area contributed by atoms with E-state index in [0.717, 1.165) is 0 Å². The molecule has 0 radical (unpaired) electrons. The lowest BCUT2D eigenvalue weighted by molar-refractivity contribution is 0.168. The quantitative estimate of drug-likeness (QED) is 0.882. The van der Waals surface area contributed by atoms with Crippen LogP contribution in [0.5, 0.6) is 0 Å². The maximum absolute atomic E-state index is 11.4. The van der Waals surface area contributed by atoms with Gasteiger partial charge >= 0.3 is 6.09 Å². The summed E-state index contributed by atoms with van der Waals surface area (Å²) in [6.07, 6.45) is 4.91. The van der Waals surface area contributed by atoms with Crippen LogP contribution in [0.1, 0.15) is 6.92 Å². The van der Waals surface area contributed by atoms with Crippen molar-refractivity contribution in [1.82, 2.24) is 9.55 Å². The van der Waals surface area contributed by atoms with Crippen molar-refractivity contribution in [3.05, 3.63) is 42.9 Å². The summed E-state index contributed by atoms with van der Waals surface area (Å²) in [7, 11) is 0. The highest BCUT2D eigenvalue weighted by atomic mass is 16.5. The highest BCUT2D eigenvalue weighted by Crippen LogP contribution is 2.17. The van der Waals surface area contributed by atoms with Crippen LogP contribution in [-0.2, 0) is 4.74 Å². The van der Waals surface area contributed by atoms with Crippen LogP contribution in [0.15, 0.2) is 42.9 Å². The minimum atomic E-state index is -0.478. The number of pyridine rings is 1. The summed E-state index contributed by atoms with van der Waals surface area (Å²) in [6, 6.07) is 7.32. The molecule has 0 bridgehead atoms. The zero-order valence-electron chi connectivity index (χ0n) is 9.46. The molecule has 1 N–H and O–H groups in total. The van der Waals surface area contributed by atoms with E-state index in [9.17, 15) is 4.79 Å². The molecule has 88 valence electrons. The number of hydrogen-bond donors (Lipinski definition) is 1. The van der Waals surface area contributed by atoms with Gasteiger partial charge in [-0.05, 0) is 31.2 Å². The summed E-state index contributed by atoms with van der Waals surface area (Å²) < 4.78 is 6.65. The number of carbonyl (C=O) groups is 1. The maximum Gasteiger partial charge on any atom is 0.411 e. The number of aromatic nitrogens is 2. The molecule has 2 aromatic rings. The summed E-state index contributed by atoms with van der Waals surface area (Å²) >= 11 is 0. The summed E-state index contributed by atoms with van der Waals surface area (Å²) in [5.74, 6) is 0.658. The minimum absolute atomic E-state index is 0.338. The fourth-order valence-electron chi connectivity index (χ4n) is 1.45. The van der Waals surface area contributed by atoms with Gasteiger partial charge in [-0.1, -0.05) is 0 Å². The molecule has 2 rings (SSSR count). The molecule has 0 aliphatic heterocycles. The van der Waals surface area contributed by atoms with Crippen LogP contribution in [0.2, 0.25) is 0 Å². The van der Waals surface area contributed by atoms with Crippen molar-refractivity contribution in [3.63, 3.8) is 0 Å². The van der Waals surface area contributed by atoms with E-state index < -0.39 is 6.09 Å². The van der Waals surface area contributed by atoms with Gasteiger partial charge in [0.25, 0.3) is 0 Å². The minimum Gasteiger partial charge on any atom is -0.450 e. The van der Waals surface area contributed by atoms with Crippen molar-refractivity contribution < 1.29 is 9.53 Å². The lowest BCUT2D eigenvalue weighted by Crippen LogP contribution is -2.15. The van der Waals surface area contributed by atoms with Gasteiger partial charge in [-0.15, -0.1) is 0 Å². The van der Waals surface area contributed by atoms with Crippen LogP contribution in [-0.4, -0.2) is 22.3 Å². The monoisotopic (exact) mass is 231 g/mol. The van der Waals surface area contributed by atoms with E-state index in [4.69, 9.17) is 4.74 Å². The Labute approximate surface area is 99.0 Å². The van der Waals surface area contributed by atoms with Crippen molar-refractivity contribution >= 4 is 11.8 Å². The fraction of sp³-hybridized carbons (Fsp3) is 0.167. The third-order valence-corrected chi connectivity index (χ3v) is 2.15. The first-order valence-electron chi connectivity index (χ1n) is 5.33. The largest absolute Gasteiger partial charge is 0.450 e. The molecule has 0 aliphatic carbocycles. The SMILES string of the molecule is CCOC(=O)Nc1cccnc1-n1cccc1. The molecule has 0 saturated carbocycles. The number of amides is 1. The molecule has 2 aromatic heterocycles. The standard InChI is InChI=1S/C12H13N3O2/c1-2-17-12(16)14-10-6-5-7-13-11(10)15-8-3-4-9-15/h3-9H,2H2,1H3,(H,14,16). The number of hydrogen-bond acceptors (Lipinski definition) is 3. The summed E-state index contributed by atoms with van der Waals surface area (Å²) in [5.41, 5.74) is 0.613. The number of ether oxygens (including phenoxy) is 1. The molecule has 0 aromatic carbocycles. The van der Waals surface area contributed by atoms with E-state index in [1.165, 1.54) is 0 Å². The first-order valence-corrected chi connectivity index (χ1v) is 5.33. The first kappa shape index (κ1) is 11.2. The Hall–Kier alpha value is -2.30. The van der Waals surface area contributed by atoms with E-state index in [2.05, 4.69) is 10.3 Å². The maximum atomic E-state index is 11.4. The Kier molecular flexibility index (Phi) is 3.40. The van der Waals surface area contributed by atoms with Crippen molar-refractivity contribution in [2.75, 3.05) is 11.9 Å². The molecule has 0 unspecified atom stereocenters. The van der Waals surface area contributed by atoms with Crippen LogP contribution in [0.25, 0.3) is 5.82 Å². The predicted molar refractivity (Wildman–Crippen MR) is 64.2 cm³/mol. The van der Waals surface area contributed by atoms with Crippen LogP contribution >= 0.6 is 0 Å². The lowest BCUT2D eigenvalue weighted by Gasteiger charge is -2.10. The first-order chi connectivity index (χ1) is 8.31. The van der Waals surface area contributed by atoms with E-state index in [0.29, 0.717) is 18.1 Å². The smallest absolute Gasteiger partial charge is 0.411 e. The Morgan fingerprint density at radius 3 is 2.88 bits per heavy atom. The van der Waals surface area contributed by atoms with Crippen molar-refractivity contribution in [2.24, 2.45) is 0 Å². The highest BCUT2D eigenvalue weighted by molar-refractivity contribution is 5.86. The van der Waals surface area contributed by atoms with Gasteiger partial charge in [0.1, 0.15) is 0 Å². The third-order valence-electron chi connectivity index (χ3n) is 2.15. The van der Waals surface area contributed by atoms with E-state index >= 15 is 0 Å². The number of carbonyl (C=O) groups excluding carboxylic acids is 1. The van der Waals surface area contributed by atoms with Gasteiger partial charge in [0.15, 0.2) is 5.82 Å². The van der Waals surface area contributed by atoms with Gasteiger partial charge in [0.05, 0.1) is 12.3 Å². The van der Waals surface area contributed by atoms with E-state index in [1.807, 2.05) is 29.1 Å². The highest BCUT2D eigenvalue weighted by Gasteiger charge is 2.08. The van der Waals surface area contributed by atoms with Crippen LogP contribution < -0.4 is 5.32 Å². The zero-order valence-corrected chi connectivity index (χ0v) is 9.46. The second-order valence-electron chi connectivity index (χ2n) is 3.31. The molecule has 0 spiro atoms. The average molecular weight is 231 g/mol. The Balaban J connectivity index is 2.25. The summed E-state index contributed by atoms with van der Waals surface area (Å²) in [6.45, 7) is 2.10. The van der Waals surface area contributed by atoms with Crippen molar-refractivity contribution in [3.8, 4) is 5.82 Å². The summed E-state index contributed by atoms with van der Waals surface area (Å²) in [5, 5.41) is 2.66. The second-order valence-corrected chi connectivity index (χ2v) is 3.31. The van der Waals surface area contributed by atoms with E-state index in [-0.39, 0.29) is 0 Å². The Morgan fingerprint density at radius 2 is 2.18 bits per heavy atom. The van der Waals surface area contributed by atoms with Gasteiger partial charge in [-0.2, -0.15) is 0 Å². The van der Waals surface area contributed by atoms with Gasteiger partial charge in [-0.25, -0.2) is 9.78 Å². The van der Waals surface area contributed by atoms with Gasteiger partial charge in [-0.3, -0.25) is 5.32 Å². The van der Waals surface area contributed by atoms with Gasteiger partial charge in [0, 0.05) is 18.6 Å². The van der Waals surface area contributed by atoms with Crippen LogP contribution in [0.4, 0.5) is 10.5 Å². The molecule has 1 amide bonds. The number of anilines is 1. The Bertz CT molecular complexity index is 494. The summed E-state index contributed by atoms with van der Waals surface area (Å²) in [4.78, 5) is 15.6. The molecule has 2 heterocycles. The number of nitrogens with one attached hydrogen (secondary N) is 1. The van der Waals surface area contributed by atoms with E-state index in [1.54, 1.807) is 25.3 Å². The second kappa shape index (κ2) is 5.16. The normalized spacial score (nSPS) is 9.94. The Morgan fingerprint density at radius 1 is 1.41 bits per heavy atom. The third kappa shape index (κ3) is 2.63. The molecular formula is C12H13N3O2. The number of nitrogens with zero attached hydrogens (tertiary/aromatic N) is 2. The molecule has 5 nitrogen and oxygen atoms in total. The van der Waals surface area contributed by atoms with Crippen molar-refractivity contribution in [1.29, 1.82) is 0 Å². The topological polar surface area (TPSA) is 56.1 Å². The number of rotatable bonds is 3. The molecule has 5 heteroatoms. The molecular weight excluding hydrogens is 218 g/mol. The van der Waals surface area contributed by atoms with Crippen molar-refractivity contribution in [2.45, 2.75) is 6.92 Å². The molecule has 0 atom stereocenters. The molecule has 0 aliphatic rings.